The molecule has 2 rings (SSSR count). The lowest BCUT2D eigenvalue weighted by Gasteiger charge is -2.30. The van der Waals surface area contributed by atoms with Gasteiger partial charge >= 0.3 is 0 Å². The van der Waals surface area contributed by atoms with Crippen LogP contribution in [0.15, 0.2) is 17.0 Å². The molecule has 26 heavy (non-hydrogen) atoms. The molecule has 0 unspecified atom stereocenters. The number of hydrogen-bond acceptors (Lipinski definition) is 4. The van der Waals surface area contributed by atoms with Crippen LogP contribution >= 0.6 is 0 Å². The molecule has 0 aromatic heterocycles. The van der Waals surface area contributed by atoms with Gasteiger partial charge in [0, 0.05) is 30.7 Å². The van der Waals surface area contributed by atoms with Gasteiger partial charge in [-0.15, -0.1) is 0 Å². The van der Waals surface area contributed by atoms with Crippen molar-refractivity contribution in [2.75, 3.05) is 19.6 Å². The lowest BCUT2D eigenvalue weighted by atomic mass is 10.0. The van der Waals surface area contributed by atoms with E-state index in [0.29, 0.717) is 36.7 Å². The fourth-order valence-corrected chi connectivity index (χ4v) is 4.81. The molecular formula is C19H31N3O3S. The largest absolute Gasteiger partial charge is 0.346 e. The van der Waals surface area contributed by atoms with Gasteiger partial charge in [0.05, 0.1) is 4.90 Å². The minimum Gasteiger partial charge on any atom is -0.346 e. The number of benzene rings is 1. The van der Waals surface area contributed by atoms with Gasteiger partial charge in [0.1, 0.15) is 0 Å². The van der Waals surface area contributed by atoms with Crippen LogP contribution in [-0.2, 0) is 10.0 Å². The molecule has 1 aromatic carbocycles. The Morgan fingerprint density at radius 2 is 1.85 bits per heavy atom. The van der Waals surface area contributed by atoms with Crippen molar-refractivity contribution in [3.8, 4) is 0 Å². The standard InChI is InChI=1S/C19H31N3O3S/c1-13-6-8-22(9-7-13)26(24,25)17-11-16(10-14(2)15(17)3)18(23)21-19(4,5)12-20/h10-11,13H,6-9,12,20H2,1-5H3,(H,21,23). The normalized spacial score (nSPS) is 17.3. The van der Waals surface area contributed by atoms with Crippen LogP contribution in [0.5, 0.6) is 0 Å². The Kier molecular flexibility index (Phi) is 6.15. The van der Waals surface area contributed by atoms with Gasteiger partial charge in [-0.2, -0.15) is 4.31 Å². The van der Waals surface area contributed by atoms with Crippen molar-refractivity contribution in [1.82, 2.24) is 9.62 Å². The summed E-state index contributed by atoms with van der Waals surface area (Å²) in [6.45, 7) is 10.8. The highest BCUT2D eigenvalue weighted by Crippen LogP contribution is 2.28. The minimum absolute atomic E-state index is 0.225. The average Bonchev–Trinajstić information content (AvgIpc) is 2.57. The van der Waals surface area contributed by atoms with Crippen LogP contribution in [0.25, 0.3) is 0 Å². The topological polar surface area (TPSA) is 92.5 Å². The fourth-order valence-electron chi connectivity index (χ4n) is 3.02. The number of carbonyl (C=O) groups excluding carboxylic acids is 1. The molecule has 1 heterocycles. The zero-order valence-corrected chi connectivity index (χ0v) is 17.2. The molecule has 1 saturated heterocycles. The summed E-state index contributed by atoms with van der Waals surface area (Å²) in [6, 6.07) is 3.23. The lowest BCUT2D eigenvalue weighted by molar-refractivity contribution is 0.0915. The van der Waals surface area contributed by atoms with Crippen LogP contribution in [0.1, 0.15) is 55.1 Å². The highest BCUT2D eigenvalue weighted by Gasteiger charge is 2.31. The highest BCUT2D eigenvalue weighted by molar-refractivity contribution is 7.89. The van der Waals surface area contributed by atoms with Gasteiger partial charge in [-0.25, -0.2) is 8.42 Å². The summed E-state index contributed by atoms with van der Waals surface area (Å²) < 4.78 is 27.9. The summed E-state index contributed by atoms with van der Waals surface area (Å²) >= 11 is 0. The molecule has 0 radical (unpaired) electrons. The number of nitrogens with zero attached hydrogens (tertiary/aromatic N) is 1. The number of hydrogen-bond donors (Lipinski definition) is 2. The van der Waals surface area contributed by atoms with Crippen molar-refractivity contribution in [2.45, 2.75) is 57.9 Å². The summed E-state index contributed by atoms with van der Waals surface area (Å²) in [5, 5.41) is 2.86. The number of nitrogens with one attached hydrogen (secondary N) is 1. The van der Waals surface area contributed by atoms with Gasteiger partial charge in [-0.3, -0.25) is 4.79 Å². The molecule has 1 aliphatic rings. The van der Waals surface area contributed by atoms with Crippen LogP contribution in [0.3, 0.4) is 0 Å². The first kappa shape index (κ1) is 20.9. The maximum Gasteiger partial charge on any atom is 0.251 e. The van der Waals surface area contributed by atoms with Gasteiger partial charge in [0.2, 0.25) is 10.0 Å². The predicted molar refractivity (Wildman–Crippen MR) is 104 cm³/mol. The molecule has 6 nitrogen and oxygen atoms in total. The number of piperidine rings is 1. The maximum atomic E-state index is 13.2. The molecule has 7 heteroatoms. The van der Waals surface area contributed by atoms with Crippen molar-refractivity contribution < 1.29 is 13.2 Å². The van der Waals surface area contributed by atoms with Crippen molar-refractivity contribution in [3.63, 3.8) is 0 Å². The number of aryl methyl sites for hydroxylation is 1. The Bertz CT molecular complexity index is 779. The summed E-state index contributed by atoms with van der Waals surface area (Å²) in [4.78, 5) is 12.8. The maximum absolute atomic E-state index is 13.2. The summed E-state index contributed by atoms with van der Waals surface area (Å²) in [6.07, 6.45) is 1.73. The van der Waals surface area contributed by atoms with Gasteiger partial charge < -0.3 is 11.1 Å². The van der Waals surface area contributed by atoms with Gasteiger partial charge in [0.25, 0.3) is 5.91 Å². The third-order valence-corrected chi connectivity index (χ3v) is 7.23. The third-order valence-electron chi connectivity index (χ3n) is 5.20. The van der Waals surface area contributed by atoms with E-state index in [2.05, 4.69) is 12.2 Å². The van der Waals surface area contributed by atoms with Crippen LogP contribution in [0.2, 0.25) is 0 Å². The van der Waals surface area contributed by atoms with E-state index in [1.54, 1.807) is 17.3 Å². The van der Waals surface area contributed by atoms with Crippen LogP contribution < -0.4 is 11.1 Å². The van der Waals surface area contributed by atoms with E-state index in [1.807, 2.05) is 20.8 Å². The molecule has 0 aliphatic carbocycles. The zero-order valence-electron chi connectivity index (χ0n) is 16.4. The molecule has 1 aliphatic heterocycles. The molecule has 0 spiro atoms. The molecule has 0 bridgehead atoms. The second-order valence-corrected chi connectivity index (χ2v) is 9.95. The van der Waals surface area contributed by atoms with Crippen LogP contribution in [0.4, 0.5) is 0 Å². The van der Waals surface area contributed by atoms with Gasteiger partial charge in [0.15, 0.2) is 0 Å². The number of nitrogens with two attached hydrogens (primary N) is 1. The molecule has 146 valence electrons. The number of amides is 1. The van der Waals surface area contributed by atoms with E-state index < -0.39 is 15.6 Å². The first-order valence-electron chi connectivity index (χ1n) is 9.12. The van der Waals surface area contributed by atoms with Crippen molar-refractivity contribution in [2.24, 2.45) is 11.7 Å². The highest BCUT2D eigenvalue weighted by atomic mass is 32.2. The molecule has 0 atom stereocenters. The second kappa shape index (κ2) is 7.66. The Morgan fingerprint density at radius 3 is 2.38 bits per heavy atom. The molecule has 1 aromatic rings. The third kappa shape index (κ3) is 4.45. The molecule has 1 fully saturated rings. The van der Waals surface area contributed by atoms with E-state index in [9.17, 15) is 13.2 Å². The van der Waals surface area contributed by atoms with Crippen molar-refractivity contribution in [3.05, 3.63) is 28.8 Å². The number of sulfonamides is 1. The number of carbonyl (C=O) groups is 1. The van der Waals surface area contributed by atoms with Gasteiger partial charge in [-0.05, 0) is 69.7 Å². The Hall–Kier alpha value is -1.44. The monoisotopic (exact) mass is 381 g/mol. The van der Waals surface area contributed by atoms with Crippen LogP contribution in [0, 0.1) is 19.8 Å². The Balaban J connectivity index is 2.40. The fraction of sp³-hybridized carbons (Fsp3) is 0.632. The molecule has 0 saturated carbocycles. The smallest absolute Gasteiger partial charge is 0.251 e. The van der Waals surface area contributed by atoms with Crippen molar-refractivity contribution in [1.29, 1.82) is 0 Å². The van der Waals surface area contributed by atoms with Gasteiger partial charge in [-0.1, -0.05) is 6.92 Å². The quantitative estimate of drug-likeness (QED) is 0.818. The summed E-state index contributed by atoms with van der Waals surface area (Å²) in [7, 11) is -3.62. The van der Waals surface area contributed by atoms with E-state index in [0.717, 1.165) is 18.4 Å². The average molecular weight is 382 g/mol. The van der Waals surface area contributed by atoms with E-state index >= 15 is 0 Å². The summed E-state index contributed by atoms with van der Waals surface area (Å²) in [5.41, 5.74) is 6.94. The van der Waals surface area contributed by atoms with Crippen molar-refractivity contribution >= 4 is 15.9 Å². The Labute approximate surface area is 157 Å². The molecular weight excluding hydrogens is 350 g/mol. The SMILES string of the molecule is Cc1cc(C(=O)NC(C)(C)CN)cc(S(=O)(=O)N2CCC(C)CC2)c1C. The Morgan fingerprint density at radius 1 is 1.27 bits per heavy atom. The van der Waals surface area contributed by atoms with Crippen LogP contribution in [-0.4, -0.2) is 43.8 Å². The molecule has 1 amide bonds. The van der Waals surface area contributed by atoms with E-state index in [4.69, 9.17) is 5.73 Å². The zero-order chi connectivity index (χ0) is 19.7. The first-order valence-corrected chi connectivity index (χ1v) is 10.6. The molecule has 3 N–H and O–H groups in total. The predicted octanol–water partition coefficient (Wildman–Crippen LogP) is 2.19. The van der Waals surface area contributed by atoms with E-state index in [1.165, 1.54) is 6.07 Å². The number of rotatable bonds is 5. The first-order chi connectivity index (χ1) is 12.0. The van der Waals surface area contributed by atoms with E-state index in [-0.39, 0.29) is 10.8 Å². The lowest BCUT2D eigenvalue weighted by Crippen LogP contribution is -2.48. The second-order valence-electron chi connectivity index (χ2n) is 8.05. The minimum atomic E-state index is -3.62. The summed E-state index contributed by atoms with van der Waals surface area (Å²) in [5.74, 6) is 0.229.